The Balaban J connectivity index is 2.43. The molecule has 0 amide bonds. The third-order valence-corrected chi connectivity index (χ3v) is 2.21. The van der Waals surface area contributed by atoms with Crippen LogP contribution in [0.5, 0.6) is 5.75 Å². The van der Waals surface area contributed by atoms with Crippen LogP contribution in [0.15, 0.2) is 18.2 Å². The van der Waals surface area contributed by atoms with Gasteiger partial charge in [0.25, 0.3) is 0 Å². The van der Waals surface area contributed by atoms with E-state index in [1.807, 2.05) is 13.8 Å². The van der Waals surface area contributed by atoms with E-state index in [4.69, 9.17) is 4.74 Å². The minimum Gasteiger partial charge on any atom is -0.491 e. The summed E-state index contributed by atoms with van der Waals surface area (Å²) in [5.74, 6) is -1.37. The molecular weight excluding hydrogens is 212 g/mol. The zero-order valence-corrected chi connectivity index (χ0v) is 9.59. The van der Waals surface area contributed by atoms with Gasteiger partial charge in [-0.05, 0) is 38.6 Å². The summed E-state index contributed by atoms with van der Waals surface area (Å²) in [5.41, 5.74) is 0. The first-order valence-corrected chi connectivity index (χ1v) is 5.46. The Bertz CT molecular complexity index is 331. The lowest BCUT2D eigenvalue weighted by atomic mass is 10.2. The zero-order chi connectivity index (χ0) is 12.0. The van der Waals surface area contributed by atoms with E-state index in [0.717, 1.165) is 31.6 Å². The van der Waals surface area contributed by atoms with Gasteiger partial charge < -0.3 is 10.1 Å². The summed E-state index contributed by atoms with van der Waals surface area (Å²) >= 11 is 0. The van der Waals surface area contributed by atoms with Gasteiger partial charge >= 0.3 is 0 Å². The van der Waals surface area contributed by atoms with Crippen molar-refractivity contribution in [3.8, 4) is 5.75 Å². The molecule has 0 spiro atoms. The topological polar surface area (TPSA) is 21.3 Å². The molecule has 1 aromatic carbocycles. The number of rotatable bonds is 6. The smallest absolute Gasteiger partial charge is 0.162 e. The molecule has 0 saturated carbocycles. The Morgan fingerprint density at radius 3 is 2.69 bits per heavy atom. The zero-order valence-electron chi connectivity index (χ0n) is 9.59. The second-order valence-corrected chi connectivity index (χ2v) is 3.65. The summed E-state index contributed by atoms with van der Waals surface area (Å²) in [5, 5.41) is 3.17. The number of nitrogens with one attached hydrogen (secondary N) is 1. The predicted octanol–water partition coefficient (Wildman–Crippen LogP) is 2.73. The SMILES string of the molecule is CCNCCC(C)Oc1ccc(F)c(F)c1. The van der Waals surface area contributed by atoms with Crippen molar-refractivity contribution >= 4 is 0 Å². The van der Waals surface area contributed by atoms with Gasteiger partial charge in [0.2, 0.25) is 0 Å². The molecular formula is C12H17F2NO. The van der Waals surface area contributed by atoms with Crippen molar-refractivity contribution in [1.29, 1.82) is 0 Å². The van der Waals surface area contributed by atoms with Crippen LogP contribution < -0.4 is 10.1 Å². The Hall–Kier alpha value is -1.16. The summed E-state index contributed by atoms with van der Waals surface area (Å²) < 4.78 is 31.0. The van der Waals surface area contributed by atoms with Crippen LogP contribution in [0.2, 0.25) is 0 Å². The number of ether oxygens (including phenoxy) is 1. The molecule has 1 aromatic rings. The molecule has 1 rings (SSSR count). The molecule has 4 heteroatoms. The maximum Gasteiger partial charge on any atom is 0.162 e. The molecule has 0 heterocycles. The molecule has 0 radical (unpaired) electrons. The van der Waals surface area contributed by atoms with Crippen molar-refractivity contribution in [2.24, 2.45) is 0 Å². The molecule has 1 atom stereocenters. The van der Waals surface area contributed by atoms with E-state index in [9.17, 15) is 8.78 Å². The van der Waals surface area contributed by atoms with Gasteiger partial charge in [-0.2, -0.15) is 0 Å². The molecule has 0 fully saturated rings. The van der Waals surface area contributed by atoms with Crippen molar-refractivity contribution in [3.63, 3.8) is 0 Å². The Morgan fingerprint density at radius 1 is 1.31 bits per heavy atom. The lowest BCUT2D eigenvalue weighted by molar-refractivity contribution is 0.209. The highest BCUT2D eigenvalue weighted by Gasteiger charge is 2.07. The Morgan fingerprint density at radius 2 is 2.06 bits per heavy atom. The standard InChI is InChI=1S/C12H17F2NO/c1-3-15-7-6-9(2)16-10-4-5-11(13)12(14)8-10/h4-5,8-9,15H,3,6-7H2,1-2H3. The predicted molar refractivity (Wildman–Crippen MR) is 59.6 cm³/mol. The molecule has 0 bridgehead atoms. The van der Waals surface area contributed by atoms with E-state index in [1.165, 1.54) is 6.07 Å². The van der Waals surface area contributed by atoms with Gasteiger partial charge in [0, 0.05) is 6.07 Å². The van der Waals surface area contributed by atoms with Crippen LogP contribution >= 0.6 is 0 Å². The summed E-state index contributed by atoms with van der Waals surface area (Å²) in [6.07, 6.45) is 0.802. The average Bonchev–Trinajstić information content (AvgIpc) is 2.24. The molecule has 1 unspecified atom stereocenters. The number of halogens is 2. The minimum absolute atomic E-state index is 0.0242. The highest BCUT2D eigenvalue weighted by Crippen LogP contribution is 2.17. The van der Waals surface area contributed by atoms with Crippen molar-refractivity contribution < 1.29 is 13.5 Å². The van der Waals surface area contributed by atoms with Crippen LogP contribution in [0.3, 0.4) is 0 Å². The summed E-state index contributed by atoms with van der Waals surface area (Å²) in [4.78, 5) is 0. The van der Waals surface area contributed by atoms with E-state index < -0.39 is 11.6 Å². The van der Waals surface area contributed by atoms with Crippen molar-refractivity contribution in [1.82, 2.24) is 5.32 Å². The highest BCUT2D eigenvalue weighted by atomic mass is 19.2. The Kier molecular flexibility index (Phi) is 5.19. The fourth-order valence-electron chi connectivity index (χ4n) is 1.32. The normalized spacial score (nSPS) is 12.5. The van der Waals surface area contributed by atoms with Crippen molar-refractivity contribution in [2.75, 3.05) is 13.1 Å². The molecule has 16 heavy (non-hydrogen) atoms. The van der Waals surface area contributed by atoms with Crippen LogP contribution in [0.4, 0.5) is 8.78 Å². The van der Waals surface area contributed by atoms with Crippen LogP contribution in [0.1, 0.15) is 20.3 Å². The third-order valence-electron chi connectivity index (χ3n) is 2.21. The van der Waals surface area contributed by atoms with Gasteiger partial charge in [-0.15, -0.1) is 0 Å². The monoisotopic (exact) mass is 229 g/mol. The maximum absolute atomic E-state index is 12.9. The number of hydrogen-bond donors (Lipinski definition) is 1. The molecule has 90 valence electrons. The summed E-state index contributed by atoms with van der Waals surface area (Å²) in [6, 6.07) is 3.57. The second kappa shape index (κ2) is 6.43. The fourth-order valence-corrected chi connectivity index (χ4v) is 1.32. The van der Waals surface area contributed by atoms with E-state index in [2.05, 4.69) is 5.32 Å². The minimum atomic E-state index is -0.878. The van der Waals surface area contributed by atoms with Gasteiger partial charge in [0.15, 0.2) is 11.6 Å². The van der Waals surface area contributed by atoms with Crippen LogP contribution in [-0.2, 0) is 0 Å². The molecule has 2 nitrogen and oxygen atoms in total. The summed E-state index contributed by atoms with van der Waals surface area (Å²) in [6.45, 7) is 5.69. The van der Waals surface area contributed by atoms with Crippen molar-refractivity contribution in [3.05, 3.63) is 29.8 Å². The van der Waals surface area contributed by atoms with Gasteiger partial charge in [0.1, 0.15) is 5.75 Å². The number of benzene rings is 1. The largest absolute Gasteiger partial charge is 0.491 e. The van der Waals surface area contributed by atoms with E-state index in [0.29, 0.717) is 5.75 Å². The van der Waals surface area contributed by atoms with Gasteiger partial charge in [-0.3, -0.25) is 0 Å². The van der Waals surface area contributed by atoms with Gasteiger partial charge in [-0.25, -0.2) is 8.78 Å². The number of hydrogen-bond acceptors (Lipinski definition) is 2. The first-order valence-electron chi connectivity index (χ1n) is 5.46. The fraction of sp³-hybridized carbons (Fsp3) is 0.500. The van der Waals surface area contributed by atoms with Crippen molar-refractivity contribution in [2.45, 2.75) is 26.4 Å². The first kappa shape index (κ1) is 12.9. The van der Waals surface area contributed by atoms with E-state index in [1.54, 1.807) is 0 Å². The molecule has 0 aliphatic rings. The van der Waals surface area contributed by atoms with Crippen LogP contribution in [-0.4, -0.2) is 19.2 Å². The lowest BCUT2D eigenvalue weighted by Gasteiger charge is -2.14. The third kappa shape index (κ3) is 4.14. The lowest BCUT2D eigenvalue weighted by Crippen LogP contribution is -2.22. The quantitative estimate of drug-likeness (QED) is 0.757. The van der Waals surface area contributed by atoms with Crippen LogP contribution in [0.25, 0.3) is 0 Å². The average molecular weight is 229 g/mol. The van der Waals surface area contributed by atoms with Crippen LogP contribution in [0, 0.1) is 11.6 Å². The van der Waals surface area contributed by atoms with E-state index in [-0.39, 0.29) is 6.10 Å². The summed E-state index contributed by atoms with van der Waals surface area (Å²) in [7, 11) is 0. The first-order chi connectivity index (χ1) is 7.63. The molecule has 0 aliphatic carbocycles. The second-order valence-electron chi connectivity index (χ2n) is 3.65. The molecule has 0 saturated heterocycles. The van der Waals surface area contributed by atoms with E-state index >= 15 is 0 Å². The van der Waals surface area contributed by atoms with Gasteiger partial charge in [-0.1, -0.05) is 6.92 Å². The molecule has 0 aliphatic heterocycles. The Labute approximate surface area is 94.6 Å². The van der Waals surface area contributed by atoms with Gasteiger partial charge in [0.05, 0.1) is 6.10 Å². The highest BCUT2D eigenvalue weighted by molar-refractivity contribution is 5.23. The molecule has 0 aromatic heterocycles. The maximum atomic E-state index is 12.9. The molecule has 1 N–H and O–H groups in total.